The van der Waals surface area contributed by atoms with Crippen molar-refractivity contribution >= 4 is 17.3 Å². The van der Waals surface area contributed by atoms with Crippen LogP contribution >= 0.6 is 0 Å². The highest BCUT2D eigenvalue weighted by Gasteiger charge is 2.16. The Balaban J connectivity index is 1.73. The Morgan fingerprint density at radius 2 is 1.44 bits per heavy atom. The third-order valence-electron chi connectivity index (χ3n) is 4.75. The maximum Gasteiger partial charge on any atom is 0.0423 e. The summed E-state index contributed by atoms with van der Waals surface area (Å²) in [4.78, 5) is 0. The molecule has 1 aliphatic carbocycles. The number of hydrogen-bond donors (Lipinski definition) is 1. The monoisotopic (exact) mass is 349 g/mol. The zero-order chi connectivity index (χ0) is 18.5. The Bertz CT molecular complexity index is 991. The number of benzene rings is 3. The maximum atomic E-state index is 3.59. The summed E-state index contributed by atoms with van der Waals surface area (Å²) in [7, 11) is 0. The Hall–Kier alpha value is -3.32. The van der Waals surface area contributed by atoms with Gasteiger partial charge < -0.3 is 5.32 Å². The first-order valence-electron chi connectivity index (χ1n) is 9.36. The quantitative estimate of drug-likeness (QED) is 0.496. The van der Waals surface area contributed by atoms with Gasteiger partial charge >= 0.3 is 0 Å². The molecule has 0 saturated heterocycles. The average Bonchev–Trinajstić information content (AvgIpc) is 3.16. The van der Waals surface area contributed by atoms with E-state index in [1.165, 1.54) is 33.5 Å². The standard InChI is InChI=1S/C26H23N/c1-20-15-17-22(18-16-20)25(19-21-9-4-2-5-10-21)24-13-8-14-26(24)27-23-11-6-3-7-12-23/h2-7,9-19,27H,8H2,1H3/b25-19+. The van der Waals surface area contributed by atoms with Crippen molar-refractivity contribution in [3.8, 4) is 0 Å². The first-order valence-corrected chi connectivity index (χ1v) is 9.36. The van der Waals surface area contributed by atoms with Gasteiger partial charge in [-0.15, -0.1) is 0 Å². The van der Waals surface area contributed by atoms with Gasteiger partial charge in [-0.3, -0.25) is 0 Å². The molecular formula is C26H23N. The van der Waals surface area contributed by atoms with Gasteiger partial charge in [-0.25, -0.2) is 0 Å². The van der Waals surface area contributed by atoms with Crippen LogP contribution in [0.15, 0.2) is 108 Å². The fourth-order valence-electron chi connectivity index (χ4n) is 3.33. The van der Waals surface area contributed by atoms with Crippen LogP contribution in [0.2, 0.25) is 0 Å². The number of rotatable bonds is 5. The topological polar surface area (TPSA) is 12.0 Å². The first-order chi connectivity index (χ1) is 13.3. The van der Waals surface area contributed by atoms with Crippen molar-refractivity contribution in [3.63, 3.8) is 0 Å². The fourth-order valence-corrected chi connectivity index (χ4v) is 3.33. The number of allylic oxidation sites excluding steroid dienone is 3. The molecule has 132 valence electrons. The maximum absolute atomic E-state index is 3.59. The van der Waals surface area contributed by atoms with Gasteiger partial charge in [-0.1, -0.05) is 90.5 Å². The van der Waals surface area contributed by atoms with Gasteiger partial charge in [0.05, 0.1) is 0 Å². The van der Waals surface area contributed by atoms with Gasteiger partial charge in [0.25, 0.3) is 0 Å². The minimum atomic E-state index is 0.947. The molecule has 1 nitrogen and oxygen atoms in total. The van der Waals surface area contributed by atoms with E-state index in [1.54, 1.807) is 0 Å². The highest BCUT2D eigenvalue weighted by molar-refractivity contribution is 5.95. The molecule has 0 aromatic heterocycles. The van der Waals surface area contributed by atoms with Crippen LogP contribution in [0.3, 0.4) is 0 Å². The smallest absolute Gasteiger partial charge is 0.0423 e. The van der Waals surface area contributed by atoms with Crippen LogP contribution in [0.25, 0.3) is 11.6 Å². The van der Waals surface area contributed by atoms with Crippen LogP contribution in [0.4, 0.5) is 5.69 Å². The summed E-state index contributed by atoms with van der Waals surface area (Å²) in [6, 6.07) is 29.7. The van der Waals surface area contributed by atoms with Crippen molar-refractivity contribution in [1.29, 1.82) is 0 Å². The first kappa shape index (κ1) is 17.1. The summed E-state index contributed by atoms with van der Waals surface area (Å²) < 4.78 is 0. The highest BCUT2D eigenvalue weighted by atomic mass is 14.9. The molecule has 0 fully saturated rings. The predicted octanol–water partition coefficient (Wildman–Crippen LogP) is 6.86. The van der Waals surface area contributed by atoms with Gasteiger partial charge in [0, 0.05) is 17.0 Å². The Kier molecular flexibility index (Phi) is 5.02. The predicted molar refractivity (Wildman–Crippen MR) is 116 cm³/mol. The number of hydrogen-bond acceptors (Lipinski definition) is 1. The molecule has 0 atom stereocenters. The van der Waals surface area contributed by atoms with E-state index in [0.29, 0.717) is 0 Å². The van der Waals surface area contributed by atoms with E-state index in [1.807, 2.05) is 6.07 Å². The lowest BCUT2D eigenvalue weighted by atomic mass is 9.94. The minimum absolute atomic E-state index is 0.947. The summed E-state index contributed by atoms with van der Waals surface area (Å²) in [6.45, 7) is 2.13. The molecule has 1 N–H and O–H groups in total. The molecule has 1 heteroatoms. The van der Waals surface area contributed by atoms with Crippen LogP contribution in [-0.2, 0) is 0 Å². The van der Waals surface area contributed by atoms with E-state index >= 15 is 0 Å². The molecule has 3 aromatic carbocycles. The Labute approximate surface area is 161 Å². The van der Waals surface area contributed by atoms with E-state index in [-0.39, 0.29) is 0 Å². The number of aryl methyl sites for hydroxylation is 1. The molecule has 0 heterocycles. The third kappa shape index (κ3) is 4.09. The summed E-state index contributed by atoms with van der Waals surface area (Å²) >= 11 is 0. The second-order valence-electron chi connectivity index (χ2n) is 6.80. The number of para-hydroxylation sites is 1. The average molecular weight is 349 g/mol. The van der Waals surface area contributed by atoms with Crippen LogP contribution in [0.5, 0.6) is 0 Å². The molecule has 0 radical (unpaired) electrons. The second-order valence-corrected chi connectivity index (χ2v) is 6.80. The molecule has 0 aliphatic heterocycles. The molecule has 0 unspecified atom stereocenters. The van der Waals surface area contributed by atoms with Gasteiger partial charge in [0.15, 0.2) is 0 Å². The zero-order valence-corrected chi connectivity index (χ0v) is 15.5. The van der Waals surface area contributed by atoms with Crippen molar-refractivity contribution in [1.82, 2.24) is 0 Å². The van der Waals surface area contributed by atoms with Gasteiger partial charge in [0.2, 0.25) is 0 Å². The minimum Gasteiger partial charge on any atom is -0.355 e. The summed E-state index contributed by atoms with van der Waals surface area (Å²) in [6.07, 6.45) is 7.79. The summed E-state index contributed by atoms with van der Waals surface area (Å²) in [5.74, 6) is 0. The fraction of sp³-hybridized carbons (Fsp3) is 0.0769. The highest BCUT2D eigenvalue weighted by Crippen LogP contribution is 2.35. The SMILES string of the molecule is Cc1ccc(/C(=C\c2ccccc2)C2=CCC=C2Nc2ccccc2)cc1. The van der Waals surface area contributed by atoms with E-state index < -0.39 is 0 Å². The molecule has 3 aromatic rings. The van der Waals surface area contributed by atoms with Crippen molar-refractivity contribution in [2.24, 2.45) is 0 Å². The van der Waals surface area contributed by atoms with Crippen molar-refractivity contribution in [2.75, 3.05) is 5.32 Å². The van der Waals surface area contributed by atoms with Crippen LogP contribution < -0.4 is 5.32 Å². The summed E-state index contributed by atoms with van der Waals surface area (Å²) in [5.41, 5.74) is 8.50. The van der Waals surface area contributed by atoms with E-state index in [9.17, 15) is 0 Å². The molecule has 0 amide bonds. The number of anilines is 1. The van der Waals surface area contributed by atoms with Crippen molar-refractivity contribution in [2.45, 2.75) is 13.3 Å². The van der Waals surface area contributed by atoms with Gasteiger partial charge in [-0.05, 0) is 48.3 Å². The van der Waals surface area contributed by atoms with E-state index in [0.717, 1.165) is 12.1 Å². The van der Waals surface area contributed by atoms with E-state index in [4.69, 9.17) is 0 Å². The Morgan fingerprint density at radius 1 is 0.778 bits per heavy atom. The lowest BCUT2D eigenvalue weighted by molar-refractivity contribution is 1.41. The molecule has 0 spiro atoms. The second kappa shape index (κ2) is 7.92. The largest absolute Gasteiger partial charge is 0.355 e. The lowest BCUT2D eigenvalue weighted by Crippen LogP contribution is -2.02. The molecule has 0 saturated carbocycles. The summed E-state index contributed by atoms with van der Waals surface area (Å²) in [5, 5.41) is 3.59. The van der Waals surface area contributed by atoms with Crippen LogP contribution in [0.1, 0.15) is 23.1 Å². The van der Waals surface area contributed by atoms with Gasteiger partial charge in [0.1, 0.15) is 0 Å². The van der Waals surface area contributed by atoms with Crippen LogP contribution in [-0.4, -0.2) is 0 Å². The molecule has 0 bridgehead atoms. The normalized spacial score (nSPS) is 13.9. The zero-order valence-electron chi connectivity index (χ0n) is 15.5. The van der Waals surface area contributed by atoms with E-state index in [2.05, 4.69) is 109 Å². The van der Waals surface area contributed by atoms with Crippen LogP contribution in [0, 0.1) is 6.92 Å². The third-order valence-corrected chi connectivity index (χ3v) is 4.75. The van der Waals surface area contributed by atoms with Crippen molar-refractivity contribution in [3.05, 3.63) is 125 Å². The van der Waals surface area contributed by atoms with Gasteiger partial charge in [-0.2, -0.15) is 0 Å². The number of nitrogens with one attached hydrogen (secondary N) is 1. The molecule has 27 heavy (non-hydrogen) atoms. The lowest BCUT2D eigenvalue weighted by Gasteiger charge is -2.16. The molecular weight excluding hydrogens is 326 g/mol. The Morgan fingerprint density at radius 3 is 2.15 bits per heavy atom. The van der Waals surface area contributed by atoms with Crippen molar-refractivity contribution < 1.29 is 0 Å². The molecule has 1 aliphatic rings. The molecule has 4 rings (SSSR count).